The van der Waals surface area contributed by atoms with Gasteiger partial charge in [-0.05, 0) is 55.2 Å². The van der Waals surface area contributed by atoms with Crippen LogP contribution in [0.1, 0.15) is 48.9 Å². The maximum Gasteiger partial charge on any atom is 0.317 e. The lowest BCUT2D eigenvalue weighted by molar-refractivity contribution is 0.0852. The first-order chi connectivity index (χ1) is 14.9. The zero-order valence-corrected chi connectivity index (χ0v) is 17.8. The van der Waals surface area contributed by atoms with E-state index in [-0.39, 0.29) is 35.4 Å². The lowest BCUT2D eigenvalue weighted by Crippen LogP contribution is -2.47. The van der Waals surface area contributed by atoms with Crippen molar-refractivity contribution < 1.29 is 14.7 Å². The van der Waals surface area contributed by atoms with Crippen LogP contribution in [0.15, 0.2) is 48.5 Å². The molecule has 2 amide bonds. The van der Waals surface area contributed by atoms with Gasteiger partial charge in [0, 0.05) is 24.6 Å². The highest BCUT2D eigenvalue weighted by molar-refractivity contribution is 5.98. The van der Waals surface area contributed by atoms with E-state index >= 15 is 0 Å². The molecule has 0 spiro atoms. The SMILES string of the molecule is CC(C)C(NC(=O)N1CCC(C(=O)c2ccc(O)cc2)CC1)c1nc2ccccc2[nH]1. The fraction of sp³-hybridized carbons (Fsp3) is 0.375. The first-order valence-corrected chi connectivity index (χ1v) is 10.8. The third-order valence-corrected chi connectivity index (χ3v) is 5.95. The molecule has 1 aliphatic rings. The Balaban J connectivity index is 1.38. The van der Waals surface area contributed by atoms with Gasteiger partial charge in [0.25, 0.3) is 0 Å². The van der Waals surface area contributed by atoms with Gasteiger partial charge in [-0.2, -0.15) is 0 Å². The normalized spacial score (nSPS) is 15.9. The fourth-order valence-electron chi connectivity index (χ4n) is 4.10. The number of fused-ring (bicyclic) bond motifs is 1. The van der Waals surface area contributed by atoms with E-state index in [1.54, 1.807) is 17.0 Å². The molecule has 2 aromatic carbocycles. The lowest BCUT2D eigenvalue weighted by Gasteiger charge is -2.33. The summed E-state index contributed by atoms with van der Waals surface area (Å²) in [5.74, 6) is 1.03. The Bertz CT molecular complexity index is 1030. The van der Waals surface area contributed by atoms with Crippen LogP contribution >= 0.6 is 0 Å². The Morgan fingerprint density at radius 1 is 1.10 bits per heavy atom. The van der Waals surface area contributed by atoms with Gasteiger partial charge >= 0.3 is 6.03 Å². The predicted molar refractivity (Wildman–Crippen MR) is 119 cm³/mol. The number of hydrogen-bond donors (Lipinski definition) is 3. The number of para-hydroxylation sites is 2. The molecular weight excluding hydrogens is 392 g/mol. The number of aromatic hydroxyl groups is 1. The number of amides is 2. The molecule has 0 aliphatic carbocycles. The van der Waals surface area contributed by atoms with Crippen molar-refractivity contribution in [1.29, 1.82) is 0 Å². The summed E-state index contributed by atoms with van der Waals surface area (Å²) in [4.78, 5) is 35.4. The zero-order valence-electron chi connectivity index (χ0n) is 17.8. The number of nitrogens with zero attached hydrogens (tertiary/aromatic N) is 2. The van der Waals surface area contributed by atoms with Crippen molar-refractivity contribution in [2.24, 2.45) is 11.8 Å². The number of urea groups is 1. The third-order valence-electron chi connectivity index (χ3n) is 5.95. The molecule has 0 radical (unpaired) electrons. The minimum Gasteiger partial charge on any atom is -0.508 e. The summed E-state index contributed by atoms with van der Waals surface area (Å²) < 4.78 is 0. The molecule has 1 aliphatic heterocycles. The number of phenols is 1. The zero-order chi connectivity index (χ0) is 22.0. The maximum atomic E-state index is 12.9. The number of likely N-dealkylation sites (tertiary alicyclic amines) is 1. The second kappa shape index (κ2) is 8.79. The van der Waals surface area contributed by atoms with Crippen molar-refractivity contribution in [3.05, 3.63) is 59.9 Å². The molecule has 7 heteroatoms. The summed E-state index contributed by atoms with van der Waals surface area (Å²) in [7, 11) is 0. The van der Waals surface area contributed by atoms with Gasteiger partial charge in [0.15, 0.2) is 5.78 Å². The number of Topliss-reactive ketones (excluding diaryl/α,β-unsaturated/α-hetero) is 1. The molecule has 0 saturated carbocycles. The molecule has 4 rings (SSSR count). The number of phenolic OH excluding ortho intramolecular Hbond substituents is 1. The summed E-state index contributed by atoms with van der Waals surface area (Å²) in [6.07, 6.45) is 1.26. The van der Waals surface area contributed by atoms with Crippen molar-refractivity contribution in [2.75, 3.05) is 13.1 Å². The van der Waals surface area contributed by atoms with Gasteiger partial charge in [-0.1, -0.05) is 26.0 Å². The number of aromatic amines is 1. The Morgan fingerprint density at radius 2 is 1.77 bits per heavy atom. The summed E-state index contributed by atoms with van der Waals surface area (Å²) in [6.45, 7) is 5.18. The Labute approximate surface area is 181 Å². The van der Waals surface area contributed by atoms with Crippen LogP contribution in [0.3, 0.4) is 0 Å². The van der Waals surface area contributed by atoms with Gasteiger partial charge in [-0.3, -0.25) is 4.79 Å². The number of carbonyl (C=O) groups is 2. The first-order valence-electron chi connectivity index (χ1n) is 10.8. The molecule has 3 N–H and O–H groups in total. The Hall–Kier alpha value is -3.35. The van der Waals surface area contributed by atoms with Crippen LogP contribution in [0.4, 0.5) is 4.79 Å². The molecule has 7 nitrogen and oxygen atoms in total. The smallest absolute Gasteiger partial charge is 0.317 e. The van der Waals surface area contributed by atoms with Gasteiger partial charge < -0.3 is 20.3 Å². The van der Waals surface area contributed by atoms with Crippen LogP contribution in [-0.2, 0) is 0 Å². The minimum absolute atomic E-state index is 0.0717. The summed E-state index contributed by atoms with van der Waals surface area (Å²) in [5.41, 5.74) is 2.43. The average molecular weight is 421 g/mol. The predicted octanol–water partition coefficient (Wildman–Crippen LogP) is 4.27. The highest BCUT2D eigenvalue weighted by atomic mass is 16.3. The van der Waals surface area contributed by atoms with Gasteiger partial charge in [0.1, 0.15) is 11.6 Å². The number of aromatic nitrogens is 2. The fourth-order valence-corrected chi connectivity index (χ4v) is 4.10. The standard InChI is InChI=1S/C24H28N4O3/c1-15(2)21(23-25-19-5-3-4-6-20(19)26-23)27-24(31)28-13-11-17(12-14-28)22(30)16-7-9-18(29)10-8-16/h3-10,15,17,21,29H,11-14H2,1-2H3,(H,25,26)(H,27,31). The molecule has 2 heterocycles. The van der Waals surface area contributed by atoms with E-state index in [4.69, 9.17) is 0 Å². The van der Waals surface area contributed by atoms with Crippen molar-refractivity contribution in [1.82, 2.24) is 20.2 Å². The largest absolute Gasteiger partial charge is 0.508 e. The molecule has 1 atom stereocenters. The number of benzene rings is 2. The van der Waals surface area contributed by atoms with Crippen LogP contribution in [0.25, 0.3) is 11.0 Å². The molecule has 1 saturated heterocycles. The third kappa shape index (κ3) is 4.55. The van der Waals surface area contributed by atoms with Crippen molar-refractivity contribution in [2.45, 2.75) is 32.7 Å². The number of hydrogen-bond acceptors (Lipinski definition) is 4. The van der Waals surface area contributed by atoms with Crippen LogP contribution in [0, 0.1) is 11.8 Å². The van der Waals surface area contributed by atoms with Crippen LogP contribution in [0.2, 0.25) is 0 Å². The van der Waals surface area contributed by atoms with E-state index in [1.165, 1.54) is 12.1 Å². The van der Waals surface area contributed by atoms with Crippen LogP contribution < -0.4 is 5.32 Å². The highest BCUT2D eigenvalue weighted by Gasteiger charge is 2.30. The van der Waals surface area contributed by atoms with E-state index in [9.17, 15) is 14.7 Å². The average Bonchev–Trinajstić information content (AvgIpc) is 3.21. The van der Waals surface area contributed by atoms with Crippen LogP contribution in [-0.4, -0.2) is 44.9 Å². The summed E-state index contributed by atoms with van der Waals surface area (Å²) >= 11 is 0. The number of ketones is 1. The molecule has 31 heavy (non-hydrogen) atoms. The number of rotatable bonds is 5. The molecule has 162 valence electrons. The van der Waals surface area contributed by atoms with Gasteiger partial charge in [-0.25, -0.2) is 9.78 Å². The second-order valence-corrected chi connectivity index (χ2v) is 8.48. The topological polar surface area (TPSA) is 98.3 Å². The second-order valence-electron chi connectivity index (χ2n) is 8.48. The van der Waals surface area contributed by atoms with Crippen LogP contribution in [0.5, 0.6) is 5.75 Å². The Morgan fingerprint density at radius 3 is 2.42 bits per heavy atom. The monoisotopic (exact) mass is 420 g/mol. The number of imidazole rings is 1. The maximum absolute atomic E-state index is 12.9. The van der Waals surface area contributed by atoms with Crippen molar-refractivity contribution in [3.8, 4) is 5.75 Å². The van der Waals surface area contributed by atoms with E-state index < -0.39 is 0 Å². The molecule has 1 unspecified atom stereocenters. The highest BCUT2D eigenvalue weighted by Crippen LogP contribution is 2.25. The summed E-state index contributed by atoms with van der Waals surface area (Å²) in [6, 6.07) is 13.8. The van der Waals surface area contributed by atoms with E-state index in [1.807, 2.05) is 24.3 Å². The van der Waals surface area contributed by atoms with E-state index in [0.717, 1.165) is 16.9 Å². The minimum atomic E-state index is -0.226. The number of carbonyl (C=O) groups excluding carboxylic acids is 2. The van der Waals surface area contributed by atoms with E-state index in [2.05, 4.69) is 29.1 Å². The van der Waals surface area contributed by atoms with Gasteiger partial charge in [0.05, 0.1) is 17.1 Å². The van der Waals surface area contributed by atoms with Gasteiger partial charge in [0.2, 0.25) is 0 Å². The molecular formula is C24H28N4O3. The molecule has 3 aromatic rings. The van der Waals surface area contributed by atoms with Crippen molar-refractivity contribution in [3.63, 3.8) is 0 Å². The molecule has 0 bridgehead atoms. The Kier molecular flexibility index (Phi) is 5.93. The van der Waals surface area contributed by atoms with E-state index in [0.29, 0.717) is 31.5 Å². The number of piperidine rings is 1. The molecule has 1 fully saturated rings. The number of nitrogens with one attached hydrogen (secondary N) is 2. The summed E-state index contributed by atoms with van der Waals surface area (Å²) in [5, 5.41) is 12.5. The number of H-pyrrole nitrogens is 1. The lowest BCUT2D eigenvalue weighted by atomic mass is 9.89. The molecule has 1 aromatic heterocycles. The quantitative estimate of drug-likeness (QED) is 0.537. The first kappa shape index (κ1) is 20.9. The van der Waals surface area contributed by atoms with Crippen molar-refractivity contribution >= 4 is 22.8 Å². The van der Waals surface area contributed by atoms with Gasteiger partial charge in [-0.15, -0.1) is 0 Å².